The van der Waals surface area contributed by atoms with Gasteiger partial charge in [0.2, 0.25) is 0 Å². The van der Waals surface area contributed by atoms with Crippen LogP contribution in [0.25, 0.3) is 0 Å². The number of unbranched alkanes of at least 4 members (excludes halogenated alkanes) is 1. The van der Waals surface area contributed by atoms with Gasteiger partial charge in [0.1, 0.15) is 0 Å². The van der Waals surface area contributed by atoms with Gasteiger partial charge in [-0.25, -0.2) is 4.79 Å². The van der Waals surface area contributed by atoms with Crippen molar-refractivity contribution in [1.29, 1.82) is 0 Å². The summed E-state index contributed by atoms with van der Waals surface area (Å²) in [5.74, 6) is 0. The van der Waals surface area contributed by atoms with Crippen molar-refractivity contribution in [3.05, 3.63) is 0 Å². The Balaban J connectivity index is 2.20. The maximum atomic E-state index is 11.5. The van der Waals surface area contributed by atoms with Gasteiger partial charge in [-0.15, -0.1) is 0 Å². The number of nitrogens with zero attached hydrogens (tertiary/aromatic N) is 1. The SMILES string of the molecule is CCCCOC(=O)N1CCCNCC1. The van der Waals surface area contributed by atoms with Gasteiger partial charge in [0.05, 0.1) is 6.61 Å². The summed E-state index contributed by atoms with van der Waals surface area (Å²) in [7, 11) is 0. The van der Waals surface area contributed by atoms with Gasteiger partial charge in [-0.05, 0) is 19.4 Å². The van der Waals surface area contributed by atoms with E-state index in [2.05, 4.69) is 12.2 Å². The number of rotatable bonds is 3. The molecule has 0 spiro atoms. The zero-order valence-corrected chi connectivity index (χ0v) is 8.92. The molecule has 1 aliphatic heterocycles. The Labute approximate surface area is 85.6 Å². The topological polar surface area (TPSA) is 41.6 Å². The van der Waals surface area contributed by atoms with Crippen molar-refractivity contribution in [2.45, 2.75) is 26.2 Å². The van der Waals surface area contributed by atoms with Crippen molar-refractivity contribution in [2.75, 3.05) is 32.8 Å². The third kappa shape index (κ3) is 3.96. The molecule has 4 nitrogen and oxygen atoms in total. The Bertz CT molecular complexity index is 166. The molecule has 14 heavy (non-hydrogen) atoms. The summed E-state index contributed by atoms with van der Waals surface area (Å²) in [5, 5.41) is 3.25. The number of carbonyl (C=O) groups is 1. The number of carbonyl (C=O) groups excluding carboxylic acids is 1. The van der Waals surface area contributed by atoms with Crippen molar-refractivity contribution in [2.24, 2.45) is 0 Å². The van der Waals surface area contributed by atoms with Crippen LogP contribution in [-0.4, -0.2) is 43.8 Å². The first-order valence-corrected chi connectivity index (χ1v) is 5.47. The van der Waals surface area contributed by atoms with Gasteiger partial charge >= 0.3 is 6.09 Å². The predicted molar refractivity (Wildman–Crippen MR) is 55.3 cm³/mol. The van der Waals surface area contributed by atoms with Crippen LogP contribution in [0, 0.1) is 0 Å². The van der Waals surface area contributed by atoms with Crippen LogP contribution >= 0.6 is 0 Å². The van der Waals surface area contributed by atoms with Gasteiger partial charge < -0.3 is 15.0 Å². The highest BCUT2D eigenvalue weighted by Crippen LogP contribution is 2.00. The first-order chi connectivity index (χ1) is 6.84. The smallest absolute Gasteiger partial charge is 0.409 e. The molecule has 0 aromatic carbocycles. The average Bonchev–Trinajstić information content (AvgIpc) is 2.46. The quantitative estimate of drug-likeness (QED) is 0.696. The van der Waals surface area contributed by atoms with Gasteiger partial charge in [0.25, 0.3) is 0 Å². The van der Waals surface area contributed by atoms with Crippen LogP contribution in [0.3, 0.4) is 0 Å². The monoisotopic (exact) mass is 200 g/mol. The van der Waals surface area contributed by atoms with Crippen molar-refractivity contribution in [3.8, 4) is 0 Å². The van der Waals surface area contributed by atoms with E-state index in [1.165, 1.54) is 0 Å². The fourth-order valence-corrected chi connectivity index (χ4v) is 1.42. The van der Waals surface area contributed by atoms with E-state index >= 15 is 0 Å². The van der Waals surface area contributed by atoms with Crippen molar-refractivity contribution >= 4 is 6.09 Å². The molecule has 1 fully saturated rings. The van der Waals surface area contributed by atoms with Crippen LogP contribution in [-0.2, 0) is 4.74 Å². The minimum absolute atomic E-state index is 0.151. The molecule has 1 aliphatic rings. The molecule has 0 radical (unpaired) electrons. The third-order valence-electron chi connectivity index (χ3n) is 2.32. The van der Waals surface area contributed by atoms with Crippen LogP contribution < -0.4 is 5.32 Å². The summed E-state index contributed by atoms with van der Waals surface area (Å²) in [4.78, 5) is 13.3. The Hall–Kier alpha value is -0.770. The van der Waals surface area contributed by atoms with Crippen molar-refractivity contribution < 1.29 is 9.53 Å². The van der Waals surface area contributed by atoms with E-state index in [0.29, 0.717) is 6.61 Å². The highest BCUT2D eigenvalue weighted by Gasteiger charge is 2.15. The Morgan fingerprint density at radius 1 is 1.43 bits per heavy atom. The van der Waals surface area contributed by atoms with E-state index in [1.54, 1.807) is 4.90 Å². The number of hydrogen-bond acceptors (Lipinski definition) is 3. The number of nitrogens with one attached hydrogen (secondary N) is 1. The molecule has 0 aromatic rings. The molecule has 0 saturated carbocycles. The van der Waals surface area contributed by atoms with E-state index in [9.17, 15) is 4.79 Å². The number of hydrogen-bond donors (Lipinski definition) is 1. The second-order valence-corrected chi connectivity index (χ2v) is 3.56. The molecule has 1 saturated heterocycles. The largest absolute Gasteiger partial charge is 0.449 e. The Kier molecular flexibility index (Phi) is 5.37. The fourth-order valence-electron chi connectivity index (χ4n) is 1.42. The van der Waals surface area contributed by atoms with E-state index in [4.69, 9.17) is 4.74 Å². The van der Waals surface area contributed by atoms with Crippen LogP contribution in [0.15, 0.2) is 0 Å². The van der Waals surface area contributed by atoms with E-state index < -0.39 is 0 Å². The average molecular weight is 200 g/mol. The molecule has 0 bridgehead atoms. The van der Waals surface area contributed by atoms with Gasteiger partial charge in [-0.3, -0.25) is 0 Å². The van der Waals surface area contributed by atoms with Crippen molar-refractivity contribution in [3.63, 3.8) is 0 Å². The number of amides is 1. The molecule has 0 aliphatic carbocycles. The Morgan fingerprint density at radius 3 is 3.07 bits per heavy atom. The lowest BCUT2D eigenvalue weighted by Crippen LogP contribution is -2.34. The first-order valence-electron chi connectivity index (χ1n) is 5.47. The summed E-state index contributed by atoms with van der Waals surface area (Å²) in [6.07, 6.45) is 2.89. The summed E-state index contributed by atoms with van der Waals surface area (Å²) in [5.41, 5.74) is 0. The molecular formula is C10H20N2O2. The molecule has 82 valence electrons. The predicted octanol–water partition coefficient (Wildman–Crippen LogP) is 1.22. The third-order valence-corrected chi connectivity index (χ3v) is 2.32. The molecule has 1 N–H and O–H groups in total. The molecular weight excluding hydrogens is 180 g/mol. The normalized spacial score (nSPS) is 17.6. The molecule has 1 heterocycles. The minimum Gasteiger partial charge on any atom is -0.449 e. The first kappa shape index (κ1) is 11.3. The minimum atomic E-state index is -0.151. The van der Waals surface area contributed by atoms with E-state index in [0.717, 1.165) is 45.4 Å². The van der Waals surface area contributed by atoms with E-state index in [-0.39, 0.29) is 6.09 Å². The van der Waals surface area contributed by atoms with Gasteiger partial charge in [-0.1, -0.05) is 13.3 Å². The lowest BCUT2D eigenvalue weighted by atomic mass is 10.4. The molecule has 0 unspecified atom stereocenters. The highest BCUT2D eigenvalue weighted by atomic mass is 16.6. The summed E-state index contributed by atoms with van der Waals surface area (Å²) >= 11 is 0. The Morgan fingerprint density at radius 2 is 2.29 bits per heavy atom. The van der Waals surface area contributed by atoms with Gasteiger partial charge in [0.15, 0.2) is 0 Å². The number of ether oxygens (including phenoxy) is 1. The van der Waals surface area contributed by atoms with Gasteiger partial charge in [0, 0.05) is 19.6 Å². The lowest BCUT2D eigenvalue weighted by Gasteiger charge is -2.19. The second-order valence-electron chi connectivity index (χ2n) is 3.56. The molecule has 1 amide bonds. The molecule has 0 atom stereocenters. The lowest BCUT2D eigenvalue weighted by molar-refractivity contribution is 0.103. The van der Waals surface area contributed by atoms with Crippen LogP contribution in [0.1, 0.15) is 26.2 Å². The summed E-state index contributed by atoms with van der Waals surface area (Å²) < 4.78 is 5.14. The van der Waals surface area contributed by atoms with Crippen LogP contribution in [0.5, 0.6) is 0 Å². The van der Waals surface area contributed by atoms with Crippen LogP contribution in [0.2, 0.25) is 0 Å². The highest BCUT2D eigenvalue weighted by molar-refractivity contribution is 5.67. The maximum Gasteiger partial charge on any atom is 0.409 e. The zero-order chi connectivity index (χ0) is 10.2. The molecule has 0 aromatic heterocycles. The molecule has 4 heteroatoms. The van der Waals surface area contributed by atoms with Crippen molar-refractivity contribution in [1.82, 2.24) is 10.2 Å². The summed E-state index contributed by atoms with van der Waals surface area (Å²) in [6, 6.07) is 0. The maximum absolute atomic E-state index is 11.5. The second kappa shape index (κ2) is 6.65. The zero-order valence-electron chi connectivity index (χ0n) is 8.92. The summed E-state index contributed by atoms with van der Waals surface area (Å²) in [6.45, 7) is 6.10. The standard InChI is InChI=1S/C10H20N2O2/c1-2-3-9-14-10(13)12-7-4-5-11-6-8-12/h11H,2-9H2,1H3. The fraction of sp³-hybridized carbons (Fsp3) is 0.900. The van der Waals surface area contributed by atoms with Crippen LogP contribution in [0.4, 0.5) is 4.79 Å². The molecule has 1 rings (SSSR count). The van der Waals surface area contributed by atoms with E-state index in [1.807, 2.05) is 0 Å². The van der Waals surface area contributed by atoms with Gasteiger partial charge in [-0.2, -0.15) is 0 Å².